The Balaban J connectivity index is 2.75. The number of carbonyl (C=O) groups excluding carboxylic acids is 1. The number of hydrogen-bond acceptors (Lipinski definition) is 2. The smallest absolute Gasteiger partial charge is 0.275 e. The molecule has 0 saturated carbocycles. The Labute approximate surface area is 102 Å². The average molecular weight is 237 g/mol. The van der Waals surface area contributed by atoms with Crippen molar-refractivity contribution in [1.82, 2.24) is 0 Å². The summed E-state index contributed by atoms with van der Waals surface area (Å²) in [5.74, 6) is 0.559. The summed E-state index contributed by atoms with van der Waals surface area (Å²) in [6.45, 7) is 3.92. The van der Waals surface area contributed by atoms with Crippen molar-refractivity contribution in [3.05, 3.63) is 29.8 Å². The largest absolute Gasteiger partial charge is 0.497 e. The number of ether oxygens (including phenoxy) is 1. The van der Waals surface area contributed by atoms with Crippen LogP contribution in [0.2, 0.25) is 0 Å². The lowest BCUT2D eigenvalue weighted by Gasteiger charge is -2.17. The predicted octanol–water partition coefficient (Wildman–Crippen LogP) is 0.584. The molecule has 2 atom stereocenters. The molecule has 17 heavy (non-hydrogen) atoms. The Morgan fingerprint density at radius 3 is 2.41 bits per heavy atom. The van der Waals surface area contributed by atoms with Gasteiger partial charge in [-0.15, -0.1) is 0 Å². The van der Waals surface area contributed by atoms with Crippen molar-refractivity contribution < 1.29 is 14.8 Å². The molecule has 0 aliphatic heterocycles. The van der Waals surface area contributed by atoms with E-state index in [4.69, 9.17) is 10.5 Å². The number of quaternary nitrogens is 1. The molecule has 0 fully saturated rings. The quantitative estimate of drug-likeness (QED) is 0.760. The number of hydrogen-bond donors (Lipinski definition) is 2. The topological polar surface area (TPSA) is 68.9 Å². The van der Waals surface area contributed by atoms with Crippen LogP contribution in [0.15, 0.2) is 24.3 Å². The summed E-state index contributed by atoms with van der Waals surface area (Å²) < 4.78 is 5.12. The van der Waals surface area contributed by atoms with Crippen LogP contribution < -0.4 is 15.8 Å². The Morgan fingerprint density at radius 1 is 1.41 bits per heavy atom. The zero-order valence-electron chi connectivity index (χ0n) is 10.6. The first-order valence-corrected chi connectivity index (χ1v) is 5.86. The SMILES string of the molecule is CC[C@H]([NH2+][C@H](C)C(N)=O)c1ccc(OC)cc1. The first-order chi connectivity index (χ1) is 8.08. The first kappa shape index (κ1) is 13.5. The molecule has 1 aromatic carbocycles. The molecule has 0 radical (unpaired) electrons. The van der Waals surface area contributed by atoms with E-state index in [1.807, 2.05) is 36.5 Å². The van der Waals surface area contributed by atoms with Crippen molar-refractivity contribution in [2.24, 2.45) is 5.73 Å². The second-order valence-electron chi connectivity index (χ2n) is 4.17. The predicted molar refractivity (Wildman–Crippen MR) is 66.6 cm³/mol. The van der Waals surface area contributed by atoms with Gasteiger partial charge in [-0.2, -0.15) is 0 Å². The van der Waals surface area contributed by atoms with Crippen LogP contribution in [0.4, 0.5) is 0 Å². The van der Waals surface area contributed by atoms with Crippen LogP contribution >= 0.6 is 0 Å². The van der Waals surface area contributed by atoms with Crippen molar-refractivity contribution in [2.45, 2.75) is 32.4 Å². The average Bonchev–Trinajstić information content (AvgIpc) is 2.35. The third-order valence-electron chi connectivity index (χ3n) is 2.95. The fourth-order valence-electron chi connectivity index (χ4n) is 1.78. The van der Waals surface area contributed by atoms with Crippen LogP contribution in [0.5, 0.6) is 5.75 Å². The molecule has 0 heterocycles. The highest BCUT2D eigenvalue weighted by Gasteiger charge is 2.19. The lowest BCUT2D eigenvalue weighted by Crippen LogP contribution is -2.92. The first-order valence-electron chi connectivity index (χ1n) is 5.86. The minimum atomic E-state index is -0.281. The molecule has 0 spiro atoms. The molecular weight excluding hydrogens is 216 g/mol. The number of carbonyl (C=O) groups is 1. The van der Waals surface area contributed by atoms with E-state index in [2.05, 4.69) is 6.92 Å². The molecule has 0 unspecified atom stereocenters. The van der Waals surface area contributed by atoms with E-state index >= 15 is 0 Å². The zero-order chi connectivity index (χ0) is 12.8. The van der Waals surface area contributed by atoms with Gasteiger partial charge in [-0.1, -0.05) is 6.92 Å². The highest BCUT2D eigenvalue weighted by molar-refractivity contribution is 5.77. The molecule has 0 aromatic heterocycles. The minimum absolute atomic E-state index is 0.206. The maximum Gasteiger partial charge on any atom is 0.275 e. The maximum atomic E-state index is 11.1. The summed E-state index contributed by atoms with van der Waals surface area (Å²) in [4.78, 5) is 11.1. The van der Waals surface area contributed by atoms with Crippen LogP contribution in [0.1, 0.15) is 31.9 Å². The number of primary amides is 1. The Morgan fingerprint density at radius 2 is 2.00 bits per heavy atom. The standard InChI is InChI=1S/C13H20N2O2/c1-4-12(15-9(2)13(14)16)10-5-7-11(17-3)8-6-10/h5-9,12,15H,4H2,1-3H3,(H2,14,16)/p+1/t9-,12+/m1/s1. The van der Waals surface area contributed by atoms with Crippen molar-refractivity contribution >= 4 is 5.91 Å². The fourth-order valence-corrected chi connectivity index (χ4v) is 1.78. The molecule has 1 amide bonds. The van der Waals surface area contributed by atoms with Crippen molar-refractivity contribution in [1.29, 1.82) is 0 Å². The molecule has 94 valence electrons. The maximum absolute atomic E-state index is 11.1. The Kier molecular flexibility index (Phi) is 4.97. The Hall–Kier alpha value is -1.55. The van der Waals surface area contributed by atoms with E-state index in [1.54, 1.807) is 7.11 Å². The molecule has 1 rings (SSSR count). The number of rotatable bonds is 6. The van der Waals surface area contributed by atoms with E-state index in [-0.39, 0.29) is 18.0 Å². The summed E-state index contributed by atoms with van der Waals surface area (Å²) in [6, 6.07) is 7.96. The highest BCUT2D eigenvalue weighted by Crippen LogP contribution is 2.17. The molecule has 1 aromatic rings. The van der Waals surface area contributed by atoms with Crippen molar-refractivity contribution in [2.75, 3.05) is 7.11 Å². The van der Waals surface area contributed by atoms with Crippen molar-refractivity contribution in [3.8, 4) is 5.75 Å². The molecule has 4 nitrogen and oxygen atoms in total. The molecule has 0 aliphatic rings. The summed E-state index contributed by atoms with van der Waals surface area (Å²) >= 11 is 0. The third-order valence-corrected chi connectivity index (χ3v) is 2.95. The van der Waals surface area contributed by atoms with Crippen LogP contribution in [0.3, 0.4) is 0 Å². The molecule has 4 heteroatoms. The van der Waals surface area contributed by atoms with Gasteiger partial charge < -0.3 is 15.8 Å². The van der Waals surface area contributed by atoms with Gasteiger partial charge in [-0.3, -0.25) is 4.79 Å². The van der Waals surface area contributed by atoms with Crippen LogP contribution in [-0.4, -0.2) is 19.1 Å². The lowest BCUT2D eigenvalue weighted by molar-refractivity contribution is -0.713. The van der Waals surface area contributed by atoms with E-state index in [0.717, 1.165) is 12.2 Å². The van der Waals surface area contributed by atoms with Gasteiger partial charge >= 0.3 is 0 Å². The fraction of sp³-hybridized carbons (Fsp3) is 0.462. The molecular formula is C13H21N2O2+. The summed E-state index contributed by atoms with van der Waals surface area (Å²) in [6.07, 6.45) is 0.948. The van der Waals surface area contributed by atoms with Crippen LogP contribution in [-0.2, 0) is 4.79 Å². The normalized spacial score (nSPS) is 14.1. The van der Waals surface area contributed by atoms with Gasteiger partial charge in [0.05, 0.1) is 7.11 Å². The van der Waals surface area contributed by atoms with E-state index < -0.39 is 0 Å². The van der Waals surface area contributed by atoms with Crippen molar-refractivity contribution in [3.63, 3.8) is 0 Å². The summed E-state index contributed by atoms with van der Waals surface area (Å²) in [5, 5.41) is 2.00. The van der Waals surface area contributed by atoms with E-state index in [1.165, 1.54) is 5.56 Å². The van der Waals surface area contributed by atoms with E-state index in [9.17, 15) is 4.79 Å². The molecule has 4 N–H and O–H groups in total. The third kappa shape index (κ3) is 3.75. The van der Waals surface area contributed by atoms with Gasteiger partial charge in [-0.05, 0) is 31.2 Å². The lowest BCUT2D eigenvalue weighted by atomic mass is 10.0. The molecule has 0 saturated heterocycles. The van der Waals surface area contributed by atoms with E-state index in [0.29, 0.717) is 0 Å². The minimum Gasteiger partial charge on any atom is -0.497 e. The number of benzene rings is 1. The van der Waals surface area contributed by atoms with Gasteiger partial charge in [-0.25, -0.2) is 0 Å². The summed E-state index contributed by atoms with van der Waals surface area (Å²) in [5.41, 5.74) is 6.45. The molecule has 0 bridgehead atoms. The highest BCUT2D eigenvalue weighted by atomic mass is 16.5. The Bertz CT molecular complexity index is 362. The number of amides is 1. The second kappa shape index (κ2) is 6.25. The van der Waals surface area contributed by atoms with Gasteiger partial charge in [0.25, 0.3) is 5.91 Å². The summed E-state index contributed by atoms with van der Waals surface area (Å²) in [7, 11) is 1.65. The zero-order valence-corrected chi connectivity index (χ0v) is 10.6. The number of nitrogens with two attached hydrogens (primary N) is 2. The number of methoxy groups -OCH3 is 1. The van der Waals surface area contributed by atoms with Gasteiger partial charge in [0.1, 0.15) is 11.8 Å². The van der Waals surface area contributed by atoms with Gasteiger partial charge in [0.15, 0.2) is 6.04 Å². The van der Waals surface area contributed by atoms with Crippen LogP contribution in [0.25, 0.3) is 0 Å². The second-order valence-corrected chi connectivity index (χ2v) is 4.17. The van der Waals surface area contributed by atoms with Crippen LogP contribution in [0, 0.1) is 0 Å². The molecule has 0 aliphatic carbocycles. The van der Waals surface area contributed by atoms with Gasteiger partial charge in [0, 0.05) is 12.0 Å². The monoisotopic (exact) mass is 237 g/mol. The van der Waals surface area contributed by atoms with Gasteiger partial charge in [0.2, 0.25) is 0 Å².